The van der Waals surface area contributed by atoms with Crippen molar-refractivity contribution in [3.05, 3.63) is 71.4 Å². The highest BCUT2D eigenvalue weighted by Crippen LogP contribution is 2.17. The van der Waals surface area contributed by atoms with Crippen molar-refractivity contribution in [3.63, 3.8) is 0 Å². The molecule has 0 saturated carbocycles. The molecule has 4 heterocycles. The first-order valence-corrected chi connectivity index (χ1v) is 11.1. The molecule has 0 aromatic carbocycles. The molecule has 0 radical (unpaired) electrons. The van der Waals surface area contributed by atoms with Crippen LogP contribution in [0.15, 0.2) is 53.9 Å². The number of carbonyl (C=O) groups is 1. The molecule has 1 amide bonds. The summed E-state index contributed by atoms with van der Waals surface area (Å²) in [5.74, 6) is 0.227. The maximum atomic E-state index is 12.7. The van der Waals surface area contributed by atoms with Gasteiger partial charge in [0.25, 0.3) is 5.91 Å². The minimum absolute atomic E-state index is 0.0586. The number of rotatable bonds is 5. The summed E-state index contributed by atoms with van der Waals surface area (Å²) >= 11 is 0. The van der Waals surface area contributed by atoms with Crippen LogP contribution in [0.25, 0.3) is 11.3 Å². The number of sulfone groups is 1. The predicted octanol–water partition coefficient (Wildman–Crippen LogP) is 1.87. The van der Waals surface area contributed by atoms with Crippen LogP contribution in [0.2, 0.25) is 0 Å². The topological polar surface area (TPSA) is 111 Å². The number of nitrogens with zero attached hydrogens (tertiary/aromatic N) is 5. The van der Waals surface area contributed by atoms with E-state index in [4.69, 9.17) is 0 Å². The Labute approximate surface area is 173 Å². The lowest BCUT2D eigenvalue weighted by Crippen LogP contribution is -2.23. The normalized spacial score (nSPS) is 11.7. The number of imidazole rings is 1. The van der Waals surface area contributed by atoms with Gasteiger partial charge in [0.15, 0.2) is 11.5 Å². The van der Waals surface area contributed by atoms with E-state index in [0.29, 0.717) is 11.3 Å². The van der Waals surface area contributed by atoms with E-state index in [9.17, 15) is 13.2 Å². The monoisotopic (exact) mass is 424 g/mol. The van der Waals surface area contributed by atoms with Gasteiger partial charge in [-0.05, 0) is 43.7 Å². The zero-order valence-electron chi connectivity index (χ0n) is 16.7. The lowest BCUT2D eigenvalue weighted by Gasteiger charge is -2.06. The highest BCUT2D eigenvalue weighted by atomic mass is 32.2. The molecular formula is C20H20N6O3S. The van der Waals surface area contributed by atoms with Gasteiger partial charge in [-0.25, -0.2) is 23.1 Å². The Morgan fingerprint density at radius 2 is 1.97 bits per heavy atom. The molecule has 4 rings (SSSR count). The molecule has 0 aliphatic carbocycles. The first-order valence-electron chi connectivity index (χ1n) is 9.18. The van der Waals surface area contributed by atoms with E-state index >= 15 is 0 Å². The van der Waals surface area contributed by atoms with Gasteiger partial charge in [-0.2, -0.15) is 5.10 Å². The summed E-state index contributed by atoms with van der Waals surface area (Å²) < 4.78 is 27.2. The minimum atomic E-state index is -3.59. The van der Waals surface area contributed by atoms with Gasteiger partial charge in [-0.1, -0.05) is 12.1 Å². The van der Waals surface area contributed by atoms with E-state index in [0.717, 1.165) is 23.2 Å². The Bertz CT molecular complexity index is 1350. The molecule has 30 heavy (non-hydrogen) atoms. The maximum Gasteiger partial charge on any atom is 0.272 e. The van der Waals surface area contributed by atoms with E-state index < -0.39 is 15.7 Å². The maximum absolute atomic E-state index is 12.7. The number of amides is 1. The highest BCUT2D eigenvalue weighted by molar-refractivity contribution is 7.90. The van der Waals surface area contributed by atoms with E-state index in [1.807, 2.05) is 32.0 Å². The lowest BCUT2D eigenvalue weighted by atomic mass is 10.2. The van der Waals surface area contributed by atoms with Crippen LogP contribution >= 0.6 is 0 Å². The Hall–Kier alpha value is -3.53. The molecule has 0 atom stereocenters. The molecule has 0 bridgehead atoms. The Morgan fingerprint density at radius 3 is 2.60 bits per heavy atom. The Balaban J connectivity index is 1.54. The van der Waals surface area contributed by atoms with Crippen LogP contribution in [0.4, 0.5) is 0 Å². The molecule has 0 unspecified atom stereocenters. The van der Waals surface area contributed by atoms with Crippen LogP contribution in [0.1, 0.15) is 27.4 Å². The molecule has 0 aliphatic heterocycles. The number of carbonyl (C=O) groups excluding carboxylic acids is 1. The largest absolute Gasteiger partial charge is 0.346 e. The van der Waals surface area contributed by atoms with Crippen LogP contribution in [0.5, 0.6) is 0 Å². The van der Waals surface area contributed by atoms with Crippen LogP contribution < -0.4 is 5.32 Å². The first-order chi connectivity index (χ1) is 14.2. The van der Waals surface area contributed by atoms with Gasteiger partial charge >= 0.3 is 0 Å². The summed E-state index contributed by atoms with van der Waals surface area (Å²) in [5.41, 5.74) is 3.16. The fourth-order valence-electron chi connectivity index (χ4n) is 3.21. The Morgan fingerprint density at radius 1 is 1.17 bits per heavy atom. The summed E-state index contributed by atoms with van der Waals surface area (Å²) in [6.07, 6.45) is 4.29. The molecule has 0 aliphatic rings. The van der Waals surface area contributed by atoms with Gasteiger partial charge in [0.2, 0.25) is 15.0 Å². The van der Waals surface area contributed by atoms with Crippen molar-refractivity contribution < 1.29 is 13.2 Å². The molecule has 0 spiro atoms. The first kappa shape index (κ1) is 19.8. The van der Waals surface area contributed by atoms with Gasteiger partial charge in [-0.3, -0.25) is 9.20 Å². The second-order valence-corrected chi connectivity index (χ2v) is 8.93. The number of pyridine rings is 2. The summed E-state index contributed by atoms with van der Waals surface area (Å²) in [4.78, 5) is 21.2. The van der Waals surface area contributed by atoms with Crippen LogP contribution in [0, 0.1) is 13.8 Å². The molecule has 0 saturated heterocycles. The van der Waals surface area contributed by atoms with Gasteiger partial charge in [0, 0.05) is 30.9 Å². The van der Waals surface area contributed by atoms with Crippen molar-refractivity contribution in [2.24, 2.45) is 0 Å². The van der Waals surface area contributed by atoms with Gasteiger partial charge in [-0.15, -0.1) is 0 Å². The fourth-order valence-corrected chi connectivity index (χ4v) is 3.99. The number of fused-ring (bicyclic) bond motifs is 1. The number of hydrogen-bond acceptors (Lipinski definition) is 6. The molecular weight excluding hydrogens is 404 g/mol. The summed E-state index contributed by atoms with van der Waals surface area (Å²) in [7, 11) is -3.59. The summed E-state index contributed by atoms with van der Waals surface area (Å²) in [6.45, 7) is 4.10. The molecule has 4 aromatic rings. The third-order valence-corrected chi connectivity index (χ3v) is 5.50. The molecule has 154 valence electrons. The molecule has 4 aromatic heterocycles. The minimum Gasteiger partial charge on any atom is -0.346 e. The Kier molecular flexibility index (Phi) is 4.86. The number of aromatic nitrogens is 5. The standard InChI is InChI=1S/C20H20N6O3S/c1-13-10-14(2)26(24-13)17-8-7-15(11-21-17)12-22-19(27)18-16-6-4-5-9-25(16)20(23-18)30(3,28)29/h4-11H,12H2,1-3H3,(H,22,27). The average molecular weight is 424 g/mol. The van der Waals surface area contributed by atoms with Crippen molar-refractivity contribution in [3.8, 4) is 5.82 Å². The summed E-state index contributed by atoms with van der Waals surface area (Å²) in [6, 6.07) is 10.7. The highest BCUT2D eigenvalue weighted by Gasteiger charge is 2.22. The van der Waals surface area contributed by atoms with Crippen LogP contribution in [-0.4, -0.2) is 44.7 Å². The van der Waals surface area contributed by atoms with Crippen molar-refractivity contribution in [2.45, 2.75) is 25.5 Å². The third-order valence-electron chi connectivity index (χ3n) is 4.55. The molecule has 10 heteroatoms. The number of nitrogens with one attached hydrogen (secondary N) is 1. The van der Waals surface area contributed by atoms with E-state index in [-0.39, 0.29) is 17.4 Å². The molecule has 1 N–H and O–H groups in total. The van der Waals surface area contributed by atoms with Crippen LogP contribution in [-0.2, 0) is 16.4 Å². The second-order valence-electron chi connectivity index (χ2n) is 7.02. The third kappa shape index (κ3) is 3.69. The summed E-state index contributed by atoms with van der Waals surface area (Å²) in [5, 5.41) is 7.01. The van der Waals surface area contributed by atoms with Crippen molar-refractivity contribution in [1.29, 1.82) is 0 Å². The van der Waals surface area contributed by atoms with E-state index in [1.54, 1.807) is 35.3 Å². The van der Waals surface area contributed by atoms with E-state index in [1.165, 1.54) is 4.40 Å². The zero-order chi connectivity index (χ0) is 21.5. The van der Waals surface area contributed by atoms with Gasteiger partial charge < -0.3 is 5.32 Å². The van der Waals surface area contributed by atoms with Crippen LogP contribution in [0.3, 0.4) is 0 Å². The van der Waals surface area contributed by atoms with Crippen molar-refractivity contribution in [2.75, 3.05) is 6.26 Å². The van der Waals surface area contributed by atoms with E-state index in [2.05, 4.69) is 20.4 Å². The second kappa shape index (κ2) is 7.38. The molecule has 0 fully saturated rings. The predicted molar refractivity (Wildman–Crippen MR) is 110 cm³/mol. The SMILES string of the molecule is Cc1cc(C)n(-c2ccc(CNC(=O)c3nc(S(C)(=O)=O)n4ccccc34)cn2)n1. The van der Waals surface area contributed by atoms with Gasteiger partial charge in [0.05, 0.1) is 11.2 Å². The number of hydrogen-bond donors (Lipinski definition) is 1. The zero-order valence-corrected chi connectivity index (χ0v) is 17.5. The van der Waals surface area contributed by atoms with Crippen molar-refractivity contribution >= 4 is 21.3 Å². The number of aryl methyl sites for hydroxylation is 2. The molecule has 9 nitrogen and oxygen atoms in total. The van der Waals surface area contributed by atoms with Crippen molar-refractivity contribution in [1.82, 2.24) is 29.5 Å². The average Bonchev–Trinajstić information content (AvgIpc) is 3.26. The lowest BCUT2D eigenvalue weighted by molar-refractivity contribution is 0.0947. The smallest absolute Gasteiger partial charge is 0.272 e. The fraction of sp³-hybridized carbons (Fsp3) is 0.200. The van der Waals surface area contributed by atoms with Gasteiger partial charge in [0.1, 0.15) is 0 Å². The quantitative estimate of drug-likeness (QED) is 0.524.